The third-order valence-electron chi connectivity index (χ3n) is 6.10. The Morgan fingerprint density at radius 1 is 0.647 bits per heavy atom. The second-order valence-corrected chi connectivity index (χ2v) is 8.74. The van der Waals surface area contributed by atoms with E-state index in [-0.39, 0.29) is 12.4 Å². The smallest absolute Gasteiger partial charge is 0.0730 e. The highest BCUT2D eigenvalue weighted by atomic mass is 35.5. The number of fused-ring (bicyclic) bond motifs is 2. The maximum absolute atomic E-state index is 5.77. The predicted octanol–water partition coefficient (Wildman–Crippen LogP) is 4.37. The maximum atomic E-state index is 5.77. The van der Waals surface area contributed by atoms with Crippen molar-refractivity contribution in [1.82, 2.24) is 15.2 Å². The molecule has 3 aromatic rings. The largest absolute Gasteiger partial charge is 0.384 e. The number of hydrogen-bond acceptors (Lipinski definition) is 6. The number of para-hydroxylation sites is 2. The van der Waals surface area contributed by atoms with E-state index in [1.807, 2.05) is 0 Å². The van der Waals surface area contributed by atoms with Gasteiger partial charge >= 0.3 is 0 Å². The molecule has 1 heterocycles. The van der Waals surface area contributed by atoms with E-state index in [2.05, 4.69) is 64.1 Å². The Balaban J connectivity index is 0.00000408. The Hall–Kier alpha value is -1.96. The summed E-state index contributed by atoms with van der Waals surface area (Å²) in [5.74, 6) is 0. The molecule has 1 aromatic heterocycles. The van der Waals surface area contributed by atoms with Crippen LogP contribution in [-0.4, -0.2) is 62.2 Å². The zero-order valence-electron chi connectivity index (χ0n) is 20.5. The minimum absolute atomic E-state index is 0. The van der Waals surface area contributed by atoms with Gasteiger partial charge in [0.25, 0.3) is 0 Å². The van der Waals surface area contributed by atoms with Crippen LogP contribution < -0.4 is 22.1 Å². The summed E-state index contributed by atoms with van der Waals surface area (Å²) in [6.07, 6.45) is 6.91. The average molecular weight is 487 g/mol. The van der Waals surface area contributed by atoms with Crippen molar-refractivity contribution in [2.45, 2.75) is 38.5 Å². The first-order chi connectivity index (χ1) is 16.3. The fraction of sp³-hybridized carbons (Fsp3) is 0.519. The van der Waals surface area contributed by atoms with Crippen LogP contribution in [0.25, 0.3) is 21.8 Å². The summed E-state index contributed by atoms with van der Waals surface area (Å²) >= 11 is 0. The molecule has 0 aliphatic heterocycles. The maximum Gasteiger partial charge on any atom is 0.0730 e. The van der Waals surface area contributed by atoms with E-state index in [1.165, 1.54) is 35.7 Å². The van der Waals surface area contributed by atoms with E-state index >= 15 is 0 Å². The van der Waals surface area contributed by atoms with Gasteiger partial charge in [-0.1, -0.05) is 36.4 Å². The normalized spacial score (nSPS) is 11.3. The number of aromatic nitrogens is 1. The molecule has 2 aromatic carbocycles. The summed E-state index contributed by atoms with van der Waals surface area (Å²) in [5.41, 5.74) is 14.6. The van der Waals surface area contributed by atoms with Crippen molar-refractivity contribution < 1.29 is 0 Å². The molecule has 0 saturated heterocycles. The molecule has 188 valence electrons. The molecule has 0 spiro atoms. The molecule has 0 radical (unpaired) electrons. The molecule has 0 saturated carbocycles. The van der Waals surface area contributed by atoms with Gasteiger partial charge in [-0.3, -0.25) is 0 Å². The van der Waals surface area contributed by atoms with Gasteiger partial charge in [-0.25, -0.2) is 4.98 Å². The quantitative estimate of drug-likeness (QED) is 0.167. The lowest BCUT2D eigenvalue weighted by molar-refractivity contribution is 0.261. The van der Waals surface area contributed by atoms with Crippen LogP contribution in [0.5, 0.6) is 0 Å². The monoisotopic (exact) mass is 486 g/mol. The molecular formula is C27H43ClN6. The Labute approximate surface area is 211 Å². The topological polar surface area (TPSA) is 92.2 Å². The predicted molar refractivity (Wildman–Crippen MR) is 150 cm³/mol. The van der Waals surface area contributed by atoms with Crippen LogP contribution in [0.1, 0.15) is 38.5 Å². The zero-order valence-corrected chi connectivity index (χ0v) is 21.3. The molecule has 0 unspecified atom stereocenters. The van der Waals surface area contributed by atoms with E-state index in [1.54, 1.807) is 0 Å². The minimum atomic E-state index is 0. The van der Waals surface area contributed by atoms with Crippen LogP contribution in [0.4, 0.5) is 5.69 Å². The molecule has 6 N–H and O–H groups in total. The van der Waals surface area contributed by atoms with E-state index in [0.29, 0.717) is 0 Å². The Morgan fingerprint density at radius 3 is 1.79 bits per heavy atom. The Bertz CT molecular complexity index is 897. The molecule has 3 rings (SSSR count). The van der Waals surface area contributed by atoms with Crippen LogP contribution in [0.3, 0.4) is 0 Å². The molecule has 6 nitrogen and oxygen atoms in total. The third-order valence-corrected chi connectivity index (χ3v) is 6.10. The summed E-state index contributed by atoms with van der Waals surface area (Å²) in [7, 11) is 0. The standard InChI is InChI=1S/C27H42N6.ClH/c28-15-9-18-30-17-5-7-20-33(22-10-16-29)21-8-6-19-31-27-23-11-1-3-13-25(23)32-26-14-4-2-12-24(26)27;/h1-4,11-14,30H,5-10,15-22,28-29H2,(H,31,32);1H. The fourth-order valence-electron chi connectivity index (χ4n) is 4.29. The van der Waals surface area contributed by atoms with E-state index in [4.69, 9.17) is 16.5 Å². The average Bonchev–Trinajstić information content (AvgIpc) is 2.85. The summed E-state index contributed by atoms with van der Waals surface area (Å²) in [6.45, 7) is 8.01. The molecule has 0 bridgehead atoms. The molecule has 34 heavy (non-hydrogen) atoms. The first-order valence-electron chi connectivity index (χ1n) is 12.7. The zero-order chi connectivity index (χ0) is 23.1. The van der Waals surface area contributed by atoms with Crippen molar-refractivity contribution in [1.29, 1.82) is 0 Å². The number of anilines is 1. The minimum Gasteiger partial charge on any atom is -0.384 e. The molecule has 7 heteroatoms. The van der Waals surface area contributed by atoms with Gasteiger partial charge in [0.2, 0.25) is 0 Å². The lowest BCUT2D eigenvalue weighted by atomic mass is 10.1. The first-order valence-corrected chi connectivity index (χ1v) is 12.7. The highest BCUT2D eigenvalue weighted by Gasteiger charge is 2.09. The number of benzene rings is 2. The van der Waals surface area contributed by atoms with E-state index in [0.717, 1.165) is 82.7 Å². The van der Waals surface area contributed by atoms with E-state index < -0.39 is 0 Å². The molecular weight excluding hydrogens is 444 g/mol. The van der Waals surface area contributed by atoms with Crippen LogP contribution in [0, 0.1) is 0 Å². The second kappa shape index (κ2) is 16.6. The second-order valence-electron chi connectivity index (χ2n) is 8.74. The van der Waals surface area contributed by atoms with Crippen molar-refractivity contribution in [3.8, 4) is 0 Å². The van der Waals surface area contributed by atoms with Crippen molar-refractivity contribution in [2.24, 2.45) is 11.5 Å². The van der Waals surface area contributed by atoms with Gasteiger partial charge in [0.1, 0.15) is 0 Å². The lowest BCUT2D eigenvalue weighted by Gasteiger charge is -2.22. The lowest BCUT2D eigenvalue weighted by Crippen LogP contribution is -2.29. The summed E-state index contributed by atoms with van der Waals surface area (Å²) in [4.78, 5) is 7.41. The Morgan fingerprint density at radius 2 is 1.18 bits per heavy atom. The van der Waals surface area contributed by atoms with Gasteiger partial charge < -0.3 is 27.0 Å². The number of hydrogen-bond donors (Lipinski definition) is 4. The van der Waals surface area contributed by atoms with Crippen LogP contribution in [0.2, 0.25) is 0 Å². The Kier molecular flexibility index (Phi) is 13.8. The third kappa shape index (κ3) is 9.01. The number of pyridine rings is 1. The van der Waals surface area contributed by atoms with Gasteiger partial charge in [0, 0.05) is 17.3 Å². The van der Waals surface area contributed by atoms with Crippen LogP contribution in [0.15, 0.2) is 48.5 Å². The number of halogens is 1. The van der Waals surface area contributed by atoms with Crippen molar-refractivity contribution in [3.63, 3.8) is 0 Å². The summed E-state index contributed by atoms with van der Waals surface area (Å²) in [5, 5.41) is 9.59. The van der Waals surface area contributed by atoms with Crippen molar-refractivity contribution in [3.05, 3.63) is 48.5 Å². The van der Waals surface area contributed by atoms with Gasteiger partial charge in [-0.2, -0.15) is 0 Å². The van der Waals surface area contributed by atoms with Crippen LogP contribution >= 0.6 is 12.4 Å². The molecule has 0 amide bonds. The highest BCUT2D eigenvalue weighted by molar-refractivity contribution is 6.07. The van der Waals surface area contributed by atoms with Gasteiger partial charge in [-0.05, 0) is 96.5 Å². The van der Waals surface area contributed by atoms with Gasteiger partial charge in [-0.15, -0.1) is 12.4 Å². The molecule has 0 atom stereocenters. The summed E-state index contributed by atoms with van der Waals surface area (Å²) in [6, 6.07) is 16.8. The van der Waals surface area contributed by atoms with Crippen LogP contribution in [-0.2, 0) is 0 Å². The van der Waals surface area contributed by atoms with Gasteiger partial charge in [0.05, 0.1) is 16.7 Å². The number of unbranched alkanes of at least 4 members (excludes halogenated alkanes) is 2. The fourth-order valence-corrected chi connectivity index (χ4v) is 4.29. The van der Waals surface area contributed by atoms with Crippen molar-refractivity contribution in [2.75, 3.05) is 57.7 Å². The summed E-state index contributed by atoms with van der Waals surface area (Å²) < 4.78 is 0. The number of nitrogens with one attached hydrogen (secondary N) is 2. The number of rotatable bonds is 17. The van der Waals surface area contributed by atoms with Crippen molar-refractivity contribution >= 4 is 39.9 Å². The molecule has 0 aliphatic rings. The number of nitrogens with two attached hydrogens (primary N) is 2. The highest BCUT2D eigenvalue weighted by Crippen LogP contribution is 2.30. The molecule has 0 aliphatic carbocycles. The number of nitrogens with zero attached hydrogens (tertiary/aromatic N) is 2. The first kappa shape index (κ1) is 28.3. The molecule has 0 fully saturated rings. The SMILES string of the molecule is Cl.NCCCNCCCCN(CCCN)CCCCNc1c2ccccc2nc2ccccc12. The van der Waals surface area contributed by atoms with E-state index in [9.17, 15) is 0 Å². The van der Waals surface area contributed by atoms with Gasteiger partial charge in [0.15, 0.2) is 0 Å².